The van der Waals surface area contributed by atoms with Gasteiger partial charge in [0.05, 0.1) is 5.60 Å². The molecule has 0 heterocycles. The topological polar surface area (TPSA) is 46.5 Å². The van der Waals surface area contributed by atoms with Crippen molar-refractivity contribution in [3.63, 3.8) is 0 Å². The van der Waals surface area contributed by atoms with Gasteiger partial charge in [0.1, 0.15) is 6.10 Å². The van der Waals surface area contributed by atoms with Crippen LogP contribution in [-0.2, 0) is 9.53 Å². The first kappa shape index (κ1) is 18.5. The van der Waals surface area contributed by atoms with Crippen LogP contribution in [-0.4, -0.2) is 22.8 Å². The summed E-state index contributed by atoms with van der Waals surface area (Å²) in [4.78, 5) is 11.4. The van der Waals surface area contributed by atoms with Gasteiger partial charge in [0, 0.05) is 12.3 Å². The van der Waals surface area contributed by atoms with Crippen LogP contribution in [0.15, 0.2) is 12.7 Å². The molecule has 3 nitrogen and oxygen atoms in total. The summed E-state index contributed by atoms with van der Waals surface area (Å²) in [6.07, 6.45) is 12.2. The van der Waals surface area contributed by atoms with Gasteiger partial charge in [0.15, 0.2) is 0 Å². The number of hydrogen-bond acceptors (Lipinski definition) is 3. The molecule has 0 unspecified atom stereocenters. The molecule has 3 heteroatoms. The van der Waals surface area contributed by atoms with E-state index < -0.39 is 5.60 Å². The van der Waals surface area contributed by atoms with Crippen LogP contribution in [0.3, 0.4) is 0 Å². The van der Waals surface area contributed by atoms with Gasteiger partial charge in [-0.1, -0.05) is 19.9 Å². The predicted octanol–water partition coefficient (Wildman–Crippen LogP) is 4.88. The van der Waals surface area contributed by atoms with E-state index in [1.54, 1.807) is 0 Å². The molecule has 0 aromatic rings. The van der Waals surface area contributed by atoms with Crippen molar-refractivity contribution in [2.24, 2.45) is 34.5 Å². The van der Waals surface area contributed by atoms with E-state index in [9.17, 15) is 9.90 Å². The molecule has 0 aromatic heterocycles. The second kappa shape index (κ2) is 6.09. The summed E-state index contributed by atoms with van der Waals surface area (Å²) in [5.74, 6) is 2.70. The molecule has 0 aliphatic heterocycles. The van der Waals surface area contributed by atoms with Gasteiger partial charge in [-0.15, -0.1) is 6.58 Å². The van der Waals surface area contributed by atoms with Crippen LogP contribution < -0.4 is 0 Å². The Hall–Kier alpha value is -0.830. The number of fused-ring (bicyclic) bond motifs is 5. The molecular formula is C23H36O3. The monoisotopic (exact) mass is 360 g/mol. The summed E-state index contributed by atoms with van der Waals surface area (Å²) in [5, 5.41) is 11.2. The predicted molar refractivity (Wildman–Crippen MR) is 102 cm³/mol. The van der Waals surface area contributed by atoms with E-state index in [0.717, 1.165) is 43.9 Å². The second-order valence-electron chi connectivity index (χ2n) is 10.3. The molecular weight excluding hydrogens is 324 g/mol. The van der Waals surface area contributed by atoms with E-state index in [1.807, 2.05) is 6.08 Å². The molecule has 1 N–H and O–H groups in total. The maximum Gasteiger partial charge on any atom is 0.302 e. The number of hydrogen-bond donors (Lipinski definition) is 1. The SMILES string of the molecule is C=C[C@@]1(O)CC[C@H]2[C@@H]3CC[C@H]4C[C@H](OC(C)=O)CC[C@]4(C)[C@H]3CC[C@@]21C. The van der Waals surface area contributed by atoms with Crippen molar-refractivity contribution in [1.29, 1.82) is 0 Å². The number of esters is 1. The highest BCUT2D eigenvalue weighted by Crippen LogP contribution is 2.68. The smallest absolute Gasteiger partial charge is 0.302 e. The van der Waals surface area contributed by atoms with Gasteiger partial charge in [0.25, 0.3) is 0 Å². The average molecular weight is 361 g/mol. The Morgan fingerprint density at radius 3 is 2.50 bits per heavy atom. The van der Waals surface area contributed by atoms with Crippen molar-refractivity contribution in [3.8, 4) is 0 Å². The summed E-state index contributed by atoms with van der Waals surface area (Å²) in [5.41, 5.74) is -0.281. The van der Waals surface area contributed by atoms with Crippen LogP contribution in [0.25, 0.3) is 0 Å². The van der Waals surface area contributed by atoms with E-state index in [0.29, 0.717) is 17.3 Å². The number of ether oxygens (including phenoxy) is 1. The summed E-state index contributed by atoms with van der Waals surface area (Å²) in [6, 6.07) is 0. The molecule has 8 atom stereocenters. The molecule has 0 aromatic carbocycles. The number of carbonyl (C=O) groups is 1. The number of aliphatic hydroxyl groups is 1. The van der Waals surface area contributed by atoms with E-state index in [-0.39, 0.29) is 17.5 Å². The van der Waals surface area contributed by atoms with Crippen molar-refractivity contribution >= 4 is 5.97 Å². The summed E-state index contributed by atoms with van der Waals surface area (Å²) < 4.78 is 5.57. The van der Waals surface area contributed by atoms with Crippen LogP contribution in [0.5, 0.6) is 0 Å². The zero-order valence-electron chi connectivity index (χ0n) is 16.8. The normalized spacial score (nSPS) is 53.2. The minimum absolute atomic E-state index is 0.00799. The van der Waals surface area contributed by atoms with Crippen molar-refractivity contribution in [2.75, 3.05) is 0 Å². The van der Waals surface area contributed by atoms with Gasteiger partial charge in [-0.3, -0.25) is 4.79 Å². The lowest BCUT2D eigenvalue weighted by atomic mass is 9.44. The van der Waals surface area contributed by atoms with E-state index in [4.69, 9.17) is 4.74 Å². The Labute approximate surface area is 158 Å². The van der Waals surface area contributed by atoms with Crippen LogP contribution in [0.2, 0.25) is 0 Å². The fourth-order valence-corrected chi connectivity index (χ4v) is 7.95. The van der Waals surface area contributed by atoms with E-state index >= 15 is 0 Å². The zero-order valence-corrected chi connectivity index (χ0v) is 16.8. The molecule has 0 saturated heterocycles. The minimum atomic E-state index is -0.673. The Balaban J connectivity index is 1.56. The van der Waals surface area contributed by atoms with Gasteiger partial charge in [-0.2, -0.15) is 0 Å². The highest BCUT2D eigenvalue weighted by molar-refractivity contribution is 5.66. The Morgan fingerprint density at radius 1 is 1.08 bits per heavy atom. The van der Waals surface area contributed by atoms with Crippen molar-refractivity contribution < 1.29 is 14.6 Å². The summed E-state index contributed by atoms with van der Waals surface area (Å²) in [7, 11) is 0. The molecule has 4 fully saturated rings. The first-order valence-electron chi connectivity index (χ1n) is 10.8. The van der Waals surface area contributed by atoms with Crippen molar-refractivity contribution in [2.45, 2.75) is 90.3 Å². The average Bonchev–Trinajstić information content (AvgIpc) is 2.87. The van der Waals surface area contributed by atoms with E-state index in [2.05, 4.69) is 20.4 Å². The largest absolute Gasteiger partial charge is 0.463 e. The first-order chi connectivity index (χ1) is 12.2. The molecule has 4 rings (SSSR count). The van der Waals surface area contributed by atoms with Crippen LogP contribution in [0, 0.1) is 34.5 Å². The molecule has 0 spiro atoms. The third-order valence-electron chi connectivity index (χ3n) is 9.50. The zero-order chi connectivity index (χ0) is 18.7. The molecule has 146 valence electrons. The highest BCUT2D eigenvalue weighted by atomic mass is 16.5. The van der Waals surface area contributed by atoms with Gasteiger partial charge in [-0.05, 0) is 86.9 Å². The molecule has 0 radical (unpaired) electrons. The van der Waals surface area contributed by atoms with E-state index in [1.165, 1.54) is 32.6 Å². The lowest BCUT2D eigenvalue weighted by Crippen LogP contribution is -2.56. The molecule has 4 aliphatic carbocycles. The van der Waals surface area contributed by atoms with Crippen molar-refractivity contribution in [1.82, 2.24) is 0 Å². The third kappa shape index (κ3) is 2.45. The maximum absolute atomic E-state index is 11.4. The van der Waals surface area contributed by atoms with Crippen LogP contribution in [0.1, 0.15) is 78.6 Å². The Bertz CT molecular complexity index is 600. The maximum atomic E-state index is 11.4. The minimum Gasteiger partial charge on any atom is -0.463 e. The standard InChI is InChI=1S/C23H36O3/c1-5-23(25)13-10-20-18-7-6-16-14-17(26-15(2)24)8-11-21(16,3)19(18)9-12-22(20,23)4/h5,16-20,25H,1,6-14H2,2-4H3/t16-,17+,18+,19-,20-,21-,22-,23+/m0/s1. The van der Waals surface area contributed by atoms with Gasteiger partial charge >= 0.3 is 5.97 Å². The van der Waals surface area contributed by atoms with Gasteiger partial charge in [-0.25, -0.2) is 0 Å². The lowest BCUT2D eigenvalue weighted by molar-refractivity contribution is -0.164. The molecule has 0 amide bonds. The number of carbonyl (C=O) groups excluding carboxylic acids is 1. The second-order valence-corrected chi connectivity index (χ2v) is 10.3. The fourth-order valence-electron chi connectivity index (χ4n) is 7.95. The van der Waals surface area contributed by atoms with Crippen molar-refractivity contribution in [3.05, 3.63) is 12.7 Å². The Kier molecular flexibility index (Phi) is 4.34. The molecule has 0 bridgehead atoms. The quantitative estimate of drug-likeness (QED) is 0.564. The fraction of sp³-hybridized carbons (Fsp3) is 0.870. The molecule has 4 aliphatic rings. The van der Waals surface area contributed by atoms with Gasteiger partial charge < -0.3 is 9.84 Å². The molecule has 4 saturated carbocycles. The third-order valence-corrected chi connectivity index (χ3v) is 9.50. The Morgan fingerprint density at radius 2 is 1.81 bits per heavy atom. The summed E-state index contributed by atoms with van der Waals surface area (Å²) in [6.45, 7) is 10.4. The van der Waals surface area contributed by atoms with Crippen LogP contribution in [0.4, 0.5) is 0 Å². The van der Waals surface area contributed by atoms with Crippen LogP contribution >= 0.6 is 0 Å². The molecule has 26 heavy (non-hydrogen) atoms. The van der Waals surface area contributed by atoms with Gasteiger partial charge in [0.2, 0.25) is 0 Å². The number of rotatable bonds is 2. The first-order valence-corrected chi connectivity index (χ1v) is 10.8. The summed E-state index contributed by atoms with van der Waals surface area (Å²) >= 11 is 0. The highest BCUT2D eigenvalue weighted by Gasteiger charge is 2.63. The lowest BCUT2D eigenvalue weighted by Gasteiger charge is -2.61.